The summed E-state index contributed by atoms with van der Waals surface area (Å²) in [6, 6.07) is 14.6. The summed E-state index contributed by atoms with van der Waals surface area (Å²) < 4.78 is 0. The maximum absolute atomic E-state index is 12.4. The van der Waals surface area contributed by atoms with Crippen molar-refractivity contribution in [1.29, 1.82) is 5.26 Å². The number of nitrogens with one attached hydrogen (secondary N) is 2. The van der Waals surface area contributed by atoms with Gasteiger partial charge >= 0.3 is 0 Å². The van der Waals surface area contributed by atoms with Crippen LogP contribution < -0.4 is 10.6 Å². The van der Waals surface area contributed by atoms with Gasteiger partial charge in [0, 0.05) is 36.4 Å². The summed E-state index contributed by atoms with van der Waals surface area (Å²) in [6.45, 7) is 0.886. The molecule has 0 aliphatic rings. The molecule has 0 unspecified atom stereocenters. The van der Waals surface area contributed by atoms with Gasteiger partial charge in [0.2, 0.25) is 0 Å². The van der Waals surface area contributed by atoms with Crippen molar-refractivity contribution in [2.45, 2.75) is 0 Å². The Kier molecular flexibility index (Phi) is 4.63. The van der Waals surface area contributed by atoms with Gasteiger partial charge in [-0.15, -0.1) is 0 Å². The van der Waals surface area contributed by atoms with E-state index in [-0.39, 0.29) is 5.91 Å². The molecule has 0 aliphatic carbocycles. The van der Waals surface area contributed by atoms with E-state index in [9.17, 15) is 4.79 Å². The van der Waals surface area contributed by atoms with Gasteiger partial charge in [0.05, 0.1) is 11.1 Å². The molecule has 3 aromatic rings. The first-order chi connectivity index (χ1) is 11.8. The van der Waals surface area contributed by atoms with E-state index < -0.39 is 0 Å². The summed E-state index contributed by atoms with van der Waals surface area (Å²) >= 11 is 0. The number of nitrogens with zero attached hydrogens (tertiary/aromatic N) is 3. The van der Waals surface area contributed by atoms with Crippen molar-refractivity contribution in [2.24, 2.45) is 0 Å². The van der Waals surface area contributed by atoms with Gasteiger partial charge in [-0.05, 0) is 30.3 Å². The van der Waals surface area contributed by atoms with Crippen molar-refractivity contribution in [3.8, 4) is 6.07 Å². The quantitative estimate of drug-likeness (QED) is 0.705. The molecule has 0 bridgehead atoms. The van der Waals surface area contributed by atoms with Crippen molar-refractivity contribution in [2.75, 3.05) is 18.4 Å². The van der Waals surface area contributed by atoms with Crippen LogP contribution >= 0.6 is 0 Å². The second kappa shape index (κ2) is 7.20. The molecule has 0 atom stereocenters. The van der Waals surface area contributed by atoms with Crippen LogP contribution in [0.2, 0.25) is 0 Å². The number of fused-ring (bicyclic) bond motifs is 1. The molecule has 0 aliphatic heterocycles. The highest BCUT2D eigenvalue weighted by Crippen LogP contribution is 2.16. The predicted octanol–water partition coefficient (Wildman–Crippen LogP) is 2.34. The van der Waals surface area contributed by atoms with Crippen LogP contribution in [0.15, 0.2) is 54.9 Å². The zero-order chi connectivity index (χ0) is 16.8. The van der Waals surface area contributed by atoms with Gasteiger partial charge in [-0.2, -0.15) is 5.26 Å². The van der Waals surface area contributed by atoms with E-state index in [0.29, 0.717) is 30.0 Å². The standard InChI is InChI=1S/C18H15N5O/c19-12-13-4-2-9-21-17(13)22-10-11-23-18(24)15-5-1-7-16-14(15)6-3-8-20-16/h1-9H,10-11H2,(H,21,22)(H,23,24). The van der Waals surface area contributed by atoms with E-state index >= 15 is 0 Å². The fourth-order valence-electron chi connectivity index (χ4n) is 2.39. The molecule has 2 N–H and O–H groups in total. The van der Waals surface area contributed by atoms with Crippen LogP contribution in [0.25, 0.3) is 10.9 Å². The molecule has 6 nitrogen and oxygen atoms in total. The lowest BCUT2D eigenvalue weighted by Gasteiger charge is -2.09. The van der Waals surface area contributed by atoms with Gasteiger partial charge < -0.3 is 10.6 Å². The summed E-state index contributed by atoms with van der Waals surface area (Å²) in [7, 11) is 0. The van der Waals surface area contributed by atoms with Crippen molar-refractivity contribution in [1.82, 2.24) is 15.3 Å². The van der Waals surface area contributed by atoms with Crippen LogP contribution in [0.5, 0.6) is 0 Å². The lowest BCUT2D eigenvalue weighted by Crippen LogP contribution is -2.29. The van der Waals surface area contributed by atoms with E-state index in [2.05, 4.69) is 26.7 Å². The number of benzene rings is 1. The lowest BCUT2D eigenvalue weighted by molar-refractivity contribution is 0.0957. The normalized spacial score (nSPS) is 10.1. The Morgan fingerprint density at radius 1 is 1.04 bits per heavy atom. The number of aromatic nitrogens is 2. The largest absolute Gasteiger partial charge is 0.367 e. The molecule has 0 spiro atoms. The minimum absolute atomic E-state index is 0.156. The number of amides is 1. The number of carbonyl (C=O) groups is 1. The maximum Gasteiger partial charge on any atom is 0.252 e. The minimum atomic E-state index is -0.156. The minimum Gasteiger partial charge on any atom is -0.367 e. The highest BCUT2D eigenvalue weighted by Gasteiger charge is 2.09. The van der Waals surface area contributed by atoms with E-state index in [1.54, 1.807) is 30.6 Å². The van der Waals surface area contributed by atoms with E-state index in [4.69, 9.17) is 5.26 Å². The Labute approximate surface area is 139 Å². The highest BCUT2D eigenvalue weighted by atomic mass is 16.1. The first kappa shape index (κ1) is 15.4. The summed E-state index contributed by atoms with van der Waals surface area (Å²) in [5.74, 6) is 0.362. The smallest absolute Gasteiger partial charge is 0.252 e. The Bertz CT molecular complexity index is 911. The summed E-state index contributed by atoms with van der Waals surface area (Å²) in [5.41, 5.74) is 1.86. The number of rotatable bonds is 5. The Morgan fingerprint density at radius 2 is 1.88 bits per heavy atom. The van der Waals surface area contributed by atoms with E-state index in [0.717, 1.165) is 10.9 Å². The van der Waals surface area contributed by atoms with Crippen LogP contribution in [-0.2, 0) is 0 Å². The fourth-order valence-corrected chi connectivity index (χ4v) is 2.39. The number of hydrogen-bond donors (Lipinski definition) is 2. The van der Waals surface area contributed by atoms with Crippen LogP contribution in [-0.4, -0.2) is 29.0 Å². The SMILES string of the molecule is N#Cc1cccnc1NCCNC(=O)c1cccc2ncccc12. The number of nitriles is 1. The summed E-state index contributed by atoms with van der Waals surface area (Å²) in [6.07, 6.45) is 3.32. The van der Waals surface area contributed by atoms with Crippen molar-refractivity contribution >= 4 is 22.6 Å². The number of hydrogen-bond acceptors (Lipinski definition) is 5. The van der Waals surface area contributed by atoms with E-state index in [1.165, 1.54) is 0 Å². The van der Waals surface area contributed by atoms with Crippen molar-refractivity contribution < 1.29 is 4.79 Å². The maximum atomic E-state index is 12.4. The zero-order valence-electron chi connectivity index (χ0n) is 12.9. The van der Waals surface area contributed by atoms with Gasteiger partial charge in [0.1, 0.15) is 11.9 Å². The molecule has 0 fully saturated rings. The summed E-state index contributed by atoms with van der Waals surface area (Å²) in [5, 5.41) is 15.7. The van der Waals surface area contributed by atoms with Crippen LogP contribution in [0.3, 0.4) is 0 Å². The van der Waals surface area contributed by atoms with Gasteiger partial charge in [0.15, 0.2) is 0 Å². The third kappa shape index (κ3) is 3.31. The Morgan fingerprint density at radius 3 is 2.75 bits per heavy atom. The van der Waals surface area contributed by atoms with E-state index in [1.807, 2.05) is 24.3 Å². The topological polar surface area (TPSA) is 90.7 Å². The van der Waals surface area contributed by atoms with Gasteiger partial charge in [-0.1, -0.05) is 12.1 Å². The fraction of sp³-hybridized carbons (Fsp3) is 0.111. The molecule has 24 heavy (non-hydrogen) atoms. The van der Waals surface area contributed by atoms with Crippen LogP contribution in [0, 0.1) is 11.3 Å². The highest BCUT2D eigenvalue weighted by molar-refractivity contribution is 6.06. The third-order valence-corrected chi connectivity index (χ3v) is 3.52. The first-order valence-corrected chi connectivity index (χ1v) is 7.50. The molecule has 0 saturated heterocycles. The molecule has 0 saturated carbocycles. The predicted molar refractivity (Wildman–Crippen MR) is 91.5 cm³/mol. The Hall–Kier alpha value is -3.46. The first-order valence-electron chi connectivity index (χ1n) is 7.50. The number of carbonyl (C=O) groups excluding carboxylic acids is 1. The van der Waals surface area contributed by atoms with Gasteiger partial charge in [-0.3, -0.25) is 9.78 Å². The molecular formula is C18H15N5O. The molecule has 2 aromatic heterocycles. The Balaban J connectivity index is 1.61. The van der Waals surface area contributed by atoms with Gasteiger partial charge in [0.25, 0.3) is 5.91 Å². The second-order valence-corrected chi connectivity index (χ2v) is 5.07. The molecule has 118 valence electrons. The molecule has 1 amide bonds. The third-order valence-electron chi connectivity index (χ3n) is 3.52. The zero-order valence-corrected chi connectivity index (χ0v) is 12.9. The number of anilines is 1. The van der Waals surface area contributed by atoms with Gasteiger partial charge in [-0.25, -0.2) is 4.98 Å². The van der Waals surface area contributed by atoms with Crippen molar-refractivity contribution in [3.63, 3.8) is 0 Å². The van der Waals surface area contributed by atoms with Crippen molar-refractivity contribution in [3.05, 3.63) is 66.0 Å². The average molecular weight is 317 g/mol. The molecular weight excluding hydrogens is 302 g/mol. The second-order valence-electron chi connectivity index (χ2n) is 5.07. The monoisotopic (exact) mass is 317 g/mol. The molecule has 2 heterocycles. The summed E-state index contributed by atoms with van der Waals surface area (Å²) in [4.78, 5) is 20.7. The molecule has 3 rings (SSSR count). The van der Waals surface area contributed by atoms with Crippen LogP contribution in [0.4, 0.5) is 5.82 Å². The average Bonchev–Trinajstić information content (AvgIpc) is 2.65. The number of pyridine rings is 2. The lowest BCUT2D eigenvalue weighted by atomic mass is 10.1. The van der Waals surface area contributed by atoms with Crippen LogP contribution in [0.1, 0.15) is 15.9 Å². The molecule has 0 radical (unpaired) electrons. The molecule has 6 heteroatoms. The molecule has 1 aromatic carbocycles.